The number of nitrogens with two attached hydrogens (primary N) is 1. The lowest BCUT2D eigenvalue weighted by atomic mass is 10.1. The molecule has 0 saturated heterocycles. The maximum atomic E-state index is 12.3. The molecule has 0 aliphatic rings. The molecule has 0 aliphatic carbocycles. The van der Waals surface area contributed by atoms with Crippen molar-refractivity contribution in [2.45, 2.75) is 0 Å². The van der Waals surface area contributed by atoms with E-state index in [0.717, 1.165) is 5.69 Å². The number of halogens is 1. The summed E-state index contributed by atoms with van der Waals surface area (Å²) in [6, 6.07) is 8.28. The predicted molar refractivity (Wildman–Crippen MR) is 80.2 cm³/mol. The number of hydrogen-bond acceptors (Lipinski definition) is 5. The van der Waals surface area contributed by atoms with Crippen molar-refractivity contribution in [3.05, 3.63) is 41.0 Å². The SMILES string of the molecule is CN(C)c1ccc(N)cc1C(=O)Nc1ccc(Cl)nn1. The maximum absolute atomic E-state index is 12.3. The minimum atomic E-state index is -0.308. The molecule has 3 N–H and O–H groups in total. The average Bonchev–Trinajstić information content (AvgIpc) is 2.41. The Balaban J connectivity index is 2.28. The zero-order valence-corrected chi connectivity index (χ0v) is 11.8. The number of carbonyl (C=O) groups is 1. The number of hydrogen-bond donors (Lipinski definition) is 2. The van der Waals surface area contributed by atoms with E-state index in [-0.39, 0.29) is 11.1 Å². The second-order valence-corrected chi connectivity index (χ2v) is 4.75. The number of nitrogen functional groups attached to an aromatic ring is 1. The van der Waals surface area contributed by atoms with Gasteiger partial charge in [0.05, 0.1) is 5.56 Å². The minimum Gasteiger partial charge on any atom is -0.399 e. The highest BCUT2D eigenvalue weighted by atomic mass is 35.5. The van der Waals surface area contributed by atoms with E-state index < -0.39 is 0 Å². The smallest absolute Gasteiger partial charge is 0.259 e. The molecule has 7 heteroatoms. The van der Waals surface area contributed by atoms with E-state index >= 15 is 0 Å². The van der Waals surface area contributed by atoms with Gasteiger partial charge in [-0.25, -0.2) is 0 Å². The fourth-order valence-corrected chi connectivity index (χ4v) is 1.79. The molecule has 0 saturated carbocycles. The quantitative estimate of drug-likeness (QED) is 0.845. The molecule has 1 aromatic heterocycles. The number of nitrogens with zero attached hydrogens (tertiary/aromatic N) is 3. The molecule has 0 aliphatic heterocycles. The van der Waals surface area contributed by atoms with Crippen molar-refractivity contribution >= 4 is 34.7 Å². The van der Waals surface area contributed by atoms with Crippen LogP contribution >= 0.6 is 11.6 Å². The number of carbonyl (C=O) groups excluding carboxylic acids is 1. The van der Waals surface area contributed by atoms with Crippen LogP contribution in [0.3, 0.4) is 0 Å². The van der Waals surface area contributed by atoms with Gasteiger partial charge >= 0.3 is 0 Å². The van der Waals surface area contributed by atoms with Gasteiger partial charge in [-0.2, -0.15) is 0 Å². The summed E-state index contributed by atoms with van der Waals surface area (Å²) < 4.78 is 0. The third-order valence-corrected chi connectivity index (χ3v) is 2.82. The lowest BCUT2D eigenvalue weighted by Crippen LogP contribution is -2.19. The molecule has 0 atom stereocenters. The highest BCUT2D eigenvalue weighted by molar-refractivity contribution is 6.29. The number of anilines is 3. The molecule has 2 aromatic rings. The lowest BCUT2D eigenvalue weighted by Gasteiger charge is -2.17. The average molecular weight is 292 g/mol. The van der Waals surface area contributed by atoms with Gasteiger partial charge in [0.2, 0.25) is 0 Å². The Labute approximate surface area is 121 Å². The Bertz CT molecular complexity index is 627. The number of aromatic nitrogens is 2. The summed E-state index contributed by atoms with van der Waals surface area (Å²) in [5.41, 5.74) is 7.48. The van der Waals surface area contributed by atoms with Crippen molar-refractivity contribution in [3.63, 3.8) is 0 Å². The standard InChI is InChI=1S/C13H14ClN5O/c1-19(2)10-4-3-8(15)7-9(10)13(20)16-12-6-5-11(14)17-18-12/h3-7H,15H2,1-2H3,(H,16,18,20). The molecule has 2 rings (SSSR count). The highest BCUT2D eigenvalue weighted by Gasteiger charge is 2.14. The first-order valence-electron chi connectivity index (χ1n) is 5.85. The van der Waals surface area contributed by atoms with Crippen molar-refractivity contribution in [2.24, 2.45) is 0 Å². The number of rotatable bonds is 3. The van der Waals surface area contributed by atoms with Crippen molar-refractivity contribution in [1.29, 1.82) is 0 Å². The van der Waals surface area contributed by atoms with Gasteiger partial charge in [-0.1, -0.05) is 11.6 Å². The predicted octanol–water partition coefficient (Wildman–Crippen LogP) is 2.03. The van der Waals surface area contributed by atoms with Gasteiger partial charge in [0, 0.05) is 25.5 Å². The largest absolute Gasteiger partial charge is 0.399 e. The van der Waals surface area contributed by atoms with Crippen LogP contribution in [-0.4, -0.2) is 30.2 Å². The van der Waals surface area contributed by atoms with Gasteiger partial charge < -0.3 is 16.0 Å². The zero-order valence-electron chi connectivity index (χ0n) is 11.1. The van der Waals surface area contributed by atoms with Gasteiger partial charge in [0.25, 0.3) is 5.91 Å². The lowest BCUT2D eigenvalue weighted by molar-refractivity contribution is 0.102. The molecule has 0 spiro atoms. The summed E-state index contributed by atoms with van der Waals surface area (Å²) in [5.74, 6) is 0.0177. The Hall–Kier alpha value is -2.34. The molecule has 0 unspecified atom stereocenters. The Morgan fingerprint density at radius 1 is 1.25 bits per heavy atom. The first kappa shape index (κ1) is 14.1. The molecular formula is C13H14ClN5O. The topological polar surface area (TPSA) is 84.1 Å². The summed E-state index contributed by atoms with van der Waals surface area (Å²) in [6.45, 7) is 0. The normalized spacial score (nSPS) is 10.2. The van der Waals surface area contributed by atoms with Crippen molar-refractivity contribution in [1.82, 2.24) is 10.2 Å². The van der Waals surface area contributed by atoms with Crippen LogP contribution < -0.4 is 16.0 Å². The summed E-state index contributed by atoms with van der Waals surface area (Å²) >= 11 is 5.64. The van der Waals surface area contributed by atoms with Gasteiger partial charge in [0.15, 0.2) is 11.0 Å². The minimum absolute atomic E-state index is 0.265. The second kappa shape index (κ2) is 5.75. The van der Waals surface area contributed by atoms with E-state index in [9.17, 15) is 4.79 Å². The first-order chi connectivity index (χ1) is 9.47. The van der Waals surface area contributed by atoms with Gasteiger partial charge in [-0.05, 0) is 30.3 Å². The zero-order chi connectivity index (χ0) is 14.7. The van der Waals surface area contributed by atoms with Crippen molar-refractivity contribution in [2.75, 3.05) is 30.0 Å². The molecule has 6 nitrogen and oxygen atoms in total. The molecule has 20 heavy (non-hydrogen) atoms. The van der Waals surface area contributed by atoms with Crippen molar-refractivity contribution < 1.29 is 4.79 Å². The number of nitrogens with one attached hydrogen (secondary N) is 1. The van der Waals surface area contributed by atoms with Crippen LogP contribution in [0.1, 0.15) is 10.4 Å². The van der Waals surface area contributed by atoms with E-state index in [1.54, 1.807) is 30.3 Å². The second-order valence-electron chi connectivity index (χ2n) is 4.37. The van der Waals surface area contributed by atoms with Crippen LogP contribution in [0.2, 0.25) is 5.15 Å². The summed E-state index contributed by atoms with van der Waals surface area (Å²) in [4.78, 5) is 14.1. The molecule has 0 radical (unpaired) electrons. The first-order valence-corrected chi connectivity index (χ1v) is 6.22. The Morgan fingerprint density at radius 2 is 2.00 bits per heavy atom. The van der Waals surface area contributed by atoms with E-state index in [1.165, 1.54) is 0 Å². The van der Waals surface area contributed by atoms with Crippen LogP contribution in [0.5, 0.6) is 0 Å². The molecular weight excluding hydrogens is 278 g/mol. The third-order valence-electron chi connectivity index (χ3n) is 2.62. The summed E-state index contributed by atoms with van der Waals surface area (Å²) in [7, 11) is 3.70. The molecule has 1 heterocycles. The maximum Gasteiger partial charge on any atom is 0.259 e. The van der Waals surface area contributed by atoms with Gasteiger partial charge in [-0.15, -0.1) is 10.2 Å². The Kier molecular flexibility index (Phi) is 4.05. The van der Waals surface area contributed by atoms with Crippen molar-refractivity contribution in [3.8, 4) is 0 Å². The van der Waals surface area contributed by atoms with Gasteiger partial charge in [0.1, 0.15) is 0 Å². The monoisotopic (exact) mass is 291 g/mol. The third kappa shape index (κ3) is 3.16. The van der Waals surface area contributed by atoms with Crippen LogP contribution in [0.4, 0.5) is 17.2 Å². The van der Waals surface area contributed by atoms with E-state index in [2.05, 4.69) is 15.5 Å². The highest BCUT2D eigenvalue weighted by Crippen LogP contribution is 2.22. The molecule has 104 valence electrons. The number of amides is 1. The molecule has 0 fully saturated rings. The van der Waals surface area contributed by atoms with Crippen LogP contribution in [0.15, 0.2) is 30.3 Å². The van der Waals surface area contributed by atoms with E-state index in [4.69, 9.17) is 17.3 Å². The molecule has 1 aromatic carbocycles. The van der Waals surface area contributed by atoms with E-state index in [0.29, 0.717) is 17.1 Å². The fraction of sp³-hybridized carbons (Fsp3) is 0.154. The van der Waals surface area contributed by atoms with Crippen LogP contribution in [0.25, 0.3) is 0 Å². The Morgan fingerprint density at radius 3 is 2.60 bits per heavy atom. The number of benzene rings is 1. The van der Waals surface area contributed by atoms with Crippen LogP contribution in [-0.2, 0) is 0 Å². The summed E-state index contributed by atoms with van der Waals surface area (Å²) in [5, 5.41) is 10.4. The molecule has 1 amide bonds. The van der Waals surface area contributed by atoms with E-state index in [1.807, 2.05) is 19.0 Å². The molecule has 0 bridgehead atoms. The van der Waals surface area contributed by atoms with Crippen LogP contribution in [0, 0.1) is 0 Å². The summed E-state index contributed by atoms with van der Waals surface area (Å²) in [6.07, 6.45) is 0. The fourth-order valence-electron chi connectivity index (χ4n) is 1.69. The van der Waals surface area contributed by atoms with Gasteiger partial charge in [-0.3, -0.25) is 4.79 Å².